The lowest BCUT2D eigenvalue weighted by molar-refractivity contribution is 0.0954. The van der Waals surface area contributed by atoms with Gasteiger partial charge in [0.05, 0.1) is 17.9 Å². The minimum Gasteiger partial charge on any atom is -0.444 e. The van der Waals surface area contributed by atoms with Crippen molar-refractivity contribution in [1.29, 1.82) is 0 Å². The van der Waals surface area contributed by atoms with Crippen molar-refractivity contribution >= 4 is 5.91 Å². The van der Waals surface area contributed by atoms with E-state index >= 15 is 0 Å². The lowest BCUT2D eigenvalue weighted by Crippen LogP contribution is -2.25. The molecule has 2 heterocycles. The molecule has 1 amide bonds. The molecule has 0 aliphatic carbocycles. The summed E-state index contributed by atoms with van der Waals surface area (Å²) in [7, 11) is 0. The molecule has 0 fully saturated rings. The SMILES string of the molecule is Cc1ccc(-c2nc(CCNC(=O)c3cccc(Cn4nc(C)cc4C)c3)co2)cc1. The van der Waals surface area contributed by atoms with Gasteiger partial charge < -0.3 is 9.73 Å². The second-order valence-corrected chi connectivity index (χ2v) is 7.80. The highest BCUT2D eigenvalue weighted by molar-refractivity contribution is 5.94. The number of carbonyl (C=O) groups excluding carboxylic acids is 1. The van der Waals surface area contributed by atoms with E-state index in [4.69, 9.17) is 4.42 Å². The fourth-order valence-corrected chi connectivity index (χ4v) is 3.48. The highest BCUT2D eigenvalue weighted by Gasteiger charge is 2.10. The first-order valence-electron chi connectivity index (χ1n) is 10.4. The monoisotopic (exact) mass is 414 g/mol. The molecule has 0 saturated heterocycles. The van der Waals surface area contributed by atoms with Crippen LogP contribution >= 0.6 is 0 Å². The zero-order chi connectivity index (χ0) is 21.8. The van der Waals surface area contributed by atoms with Crippen LogP contribution in [0.2, 0.25) is 0 Å². The Morgan fingerprint density at radius 3 is 2.61 bits per heavy atom. The average Bonchev–Trinajstić information content (AvgIpc) is 3.35. The molecule has 1 N–H and O–H groups in total. The molecule has 0 spiro atoms. The first kappa shape index (κ1) is 20.6. The second-order valence-electron chi connectivity index (χ2n) is 7.80. The molecule has 4 rings (SSSR count). The smallest absolute Gasteiger partial charge is 0.251 e. The highest BCUT2D eigenvalue weighted by atomic mass is 16.3. The van der Waals surface area contributed by atoms with Gasteiger partial charge in [-0.2, -0.15) is 5.10 Å². The van der Waals surface area contributed by atoms with E-state index in [0.29, 0.717) is 31.0 Å². The Morgan fingerprint density at radius 1 is 1.06 bits per heavy atom. The molecule has 6 heteroatoms. The summed E-state index contributed by atoms with van der Waals surface area (Å²) < 4.78 is 7.53. The number of amides is 1. The van der Waals surface area contributed by atoms with E-state index in [1.54, 1.807) is 6.26 Å². The molecule has 158 valence electrons. The van der Waals surface area contributed by atoms with Crippen molar-refractivity contribution in [3.05, 3.63) is 94.6 Å². The Labute approximate surface area is 181 Å². The molecule has 0 aliphatic rings. The van der Waals surface area contributed by atoms with Crippen LogP contribution < -0.4 is 5.32 Å². The largest absolute Gasteiger partial charge is 0.444 e. The van der Waals surface area contributed by atoms with Gasteiger partial charge in [0, 0.05) is 29.8 Å². The summed E-state index contributed by atoms with van der Waals surface area (Å²) in [5.41, 5.74) is 6.72. The number of carbonyl (C=O) groups is 1. The molecular weight excluding hydrogens is 388 g/mol. The maximum Gasteiger partial charge on any atom is 0.251 e. The predicted octanol–water partition coefficient (Wildman–Crippen LogP) is 4.48. The van der Waals surface area contributed by atoms with Crippen LogP contribution in [0.4, 0.5) is 0 Å². The number of oxazole rings is 1. The molecule has 0 aliphatic heterocycles. The molecule has 0 atom stereocenters. The third-order valence-corrected chi connectivity index (χ3v) is 5.14. The number of hydrogen-bond donors (Lipinski definition) is 1. The van der Waals surface area contributed by atoms with Crippen molar-refractivity contribution in [2.45, 2.75) is 33.7 Å². The number of rotatable bonds is 7. The van der Waals surface area contributed by atoms with Crippen LogP contribution in [0.1, 0.15) is 38.6 Å². The third-order valence-electron chi connectivity index (χ3n) is 5.14. The van der Waals surface area contributed by atoms with Crippen LogP contribution in [-0.2, 0) is 13.0 Å². The quantitative estimate of drug-likeness (QED) is 0.484. The van der Waals surface area contributed by atoms with E-state index in [-0.39, 0.29) is 5.91 Å². The van der Waals surface area contributed by atoms with Crippen LogP contribution in [-0.4, -0.2) is 27.2 Å². The van der Waals surface area contributed by atoms with Crippen molar-refractivity contribution in [1.82, 2.24) is 20.1 Å². The summed E-state index contributed by atoms with van der Waals surface area (Å²) in [4.78, 5) is 17.1. The van der Waals surface area contributed by atoms with Crippen LogP contribution in [0.25, 0.3) is 11.5 Å². The molecule has 2 aromatic carbocycles. The van der Waals surface area contributed by atoms with Crippen molar-refractivity contribution in [3.63, 3.8) is 0 Å². The van der Waals surface area contributed by atoms with Gasteiger partial charge in [-0.3, -0.25) is 9.48 Å². The maximum atomic E-state index is 12.6. The van der Waals surface area contributed by atoms with E-state index in [0.717, 1.165) is 28.2 Å². The Morgan fingerprint density at radius 2 is 1.87 bits per heavy atom. The molecule has 0 unspecified atom stereocenters. The zero-order valence-electron chi connectivity index (χ0n) is 18.1. The van der Waals surface area contributed by atoms with Crippen molar-refractivity contribution < 1.29 is 9.21 Å². The number of aryl methyl sites for hydroxylation is 3. The van der Waals surface area contributed by atoms with Gasteiger partial charge in [0.2, 0.25) is 5.89 Å². The summed E-state index contributed by atoms with van der Waals surface area (Å²) in [5.74, 6) is 0.496. The minimum atomic E-state index is -0.0996. The fraction of sp³-hybridized carbons (Fsp3) is 0.240. The lowest BCUT2D eigenvalue weighted by atomic mass is 10.1. The van der Waals surface area contributed by atoms with Crippen molar-refractivity contribution in [2.75, 3.05) is 6.54 Å². The van der Waals surface area contributed by atoms with Gasteiger partial charge in [-0.1, -0.05) is 29.8 Å². The normalized spacial score (nSPS) is 10.9. The second kappa shape index (κ2) is 9.00. The molecular formula is C25H26N4O2. The molecule has 4 aromatic rings. The average molecular weight is 415 g/mol. The first-order valence-corrected chi connectivity index (χ1v) is 10.4. The van der Waals surface area contributed by atoms with Crippen LogP contribution in [0.3, 0.4) is 0 Å². The fourth-order valence-electron chi connectivity index (χ4n) is 3.48. The van der Waals surface area contributed by atoms with Gasteiger partial charge in [-0.05, 0) is 56.7 Å². The molecule has 2 aromatic heterocycles. The van der Waals surface area contributed by atoms with E-state index in [1.807, 2.05) is 80.1 Å². The minimum absolute atomic E-state index is 0.0996. The Hall–Kier alpha value is -3.67. The predicted molar refractivity (Wildman–Crippen MR) is 120 cm³/mol. The van der Waals surface area contributed by atoms with Gasteiger partial charge in [0.25, 0.3) is 5.91 Å². The molecule has 31 heavy (non-hydrogen) atoms. The Kier molecular flexibility index (Phi) is 5.98. The van der Waals surface area contributed by atoms with Gasteiger partial charge in [0.1, 0.15) is 6.26 Å². The topological polar surface area (TPSA) is 73.0 Å². The van der Waals surface area contributed by atoms with Gasteiger partial charge in [0.15, 0.2) is 0 Å². The highest BCUT2D eigenvalue weighted by Crippen LogP contribution is 2.19. The van der Waals surface area contributed by atoms with Crippen LogP contribution in [0.15, 0.2) is 65.3 Å². The summed E-state index contributed by atoms with van der Waals surface area (Å²) >= 11 is 0. The number of hydrogen-bond acceptors (Lipinski definition) is 4. The first-order chi connectivity index (χ1) is 15.0. The number of nitrogens with one attached hydrogen (secondary N) is 1. The standard InChI is InChI=1S/C25H26N4O2/c1-17-7-9-21(10-8-17)25-27-23(16-31-25)11-12-26-24(30)22-6-4-5-20(14-22)15-29-19(3)13-18(2)28-29/h4-10,13-14,16H,11-12,15H2,1-3H3,(H,26,30). The lowest BCUT2D eigenvalue weighted by Gasteiger charge is -2.08. The van der Waals surface area contributed by atoms with Crippen LogP contribution in [0.5, 0.6) is 0 Å². The zero-order valence-corrected chi connectivity index (χ0v) is 18.1. The number of aromatic nitrogens is 3. The van der Waals surface area contributed by atoms with Gasteiger partial charge in [-0.25, -0.2) is 4.98 Å². The Bertz CT molecular complexity index is 1190. The summed E-state index contributed by atoms with van der Waals surface area (Å²) in [6.45, 7) is 7.18. The van der Waals surface area contributed by atoms with E-state index in [9.17, 15) is 4.79 Å². The van der Waals surface area contributed by atoms with Crippen molar-refractivity contribution in [2.24, 2.45) is 0 Å². The molecule has 0 bridgehead atoms. The number of nitrogens with zero attached hydrogens (tertiary/aromatic N) is 3. The van der Waals surface area contributed by atoms with E-state index in [2.05, 4.69) is 15.4 Å². The molecule has 0 saturated carbocycles. The van der Waals surface area contributed by atoms with E-state index < -0.39 is 0 Å². The van der Waals surface area contributed by atoms with E-state index in [1.165, 1.54) is 5.56 Å². The van der Waals surface area contributed by atoms with Crippen molar-refractivity contribution in [3.8, 4) is 11.5 Å². The Balaban J connectivity index is 1.33. The summed E-state index contributed by atoms with van der Waals surface area (Å²) in [5, 5.41) is 7.46. The summed E-state index contributed by atoms with van der Waals surface area (Å²) in [6.07, 6.45) is 2.25. The molecule has 6 nitrogen and oxygen atoms in total. The maximum absolute atomic E-state index is 12.6. The van der Waals surface area contributed by atoms with Gasteiger partial charge in [-0.15, -0.1) is 0 Å². The molecule has 0 radical (unpaired) electrons. The number of benzene rings is 2. The van der Waals surface area contributed by atoms with Gasteiger partial charge >= 0.3 is 0 Å². The summed E-state index contributed by atoms with van der Waals surface area (Å²) in [6, 6.07) is 17.7. The third kappa shape index (κ3) is 5.09. The van der Waals surface area contributed by atoms with Crippen LogP contribution in [0, 0.1) is 20.8 Å².